The first-order valence-electron chi connectivity index (χ1n) is 8.88. The Morgan fingerprint density at radius 2 is 1.00 bits per heavy atom. The van der Waals surface area contributed by atoms with Gasteiger partial charge >= 0.3 is 21.7 Å². The Morgan fingerprint density at radius 1 is 0.655 bits per heavy atom. The second kappa shape index (κ2) is 10.6. The van der Waals surface area contributed by atoms with Crippen LogP contribution in [0.25, 0.3) is 21.8 Å². The van der Waals surface area contributed by atoms with E-state index in [0.717, 1.165) is 21.8 Å². The molecule has 0 aliphatic rings. The molecule has 4 rings (SSSR count). The van der Waals surface area contributed by atoms with Crippen LogP contribution in [-0.2, 0) is 32.5 Å². The van der Waals surface area contributed by atoms with Crippen molar-refractivity contribution in [2.45, 2.75) is 52.4 Å². The Kier molecular flexibility index (Phi) is 10.1. The SMILES string of the molecule is CC(C)(C)c1cccc2[c-]n[nH]c12.CC(C)(C)c1cccc2[c-]n[nH]c12.[Cl-].[Cl-].[Ti+4]. The van der Waals surface area contributed by atoms with E-state index in [-0.39, 0.29) is 57.4 Å². The zero-order valence-corrected chi connectivity index (χ0v) is 20.7. The van der Waals surface area contributed by atoms with Crippen molar-refractivity contribution in [1.29, 1.82) is 0 Å². The van der Waals surface area contributed by atoms with Gasteiger partial charge in [0.05, 0.1) is 0 Å². The fourth-order valence-corrected chi connectivity index (χ4v) is 3.07. The third kappa shape index (κ3) is 6.32. The quantitative estimate of drug-likeness (QED) is 0.268. The van der Waals surface area contributed by atoms with Gasteiger partial charge in [-0.3, -0.25) is 10.2 Å². The topological polar surface area (TPSA) is 57.4 Å². The molecule has 0 radical (unpaired) electrons. The van der Waals surface area contributed by atoms with Gasteiger partial charge in [-0.25, -0.2) is 0 Å². The van der Waals surface area contributed by atoms with Gasteiger partial charge in [0.15, 0.2) is 0 Å². The van der Waals surface area contributed by atoms with Crippen molar-refractivity contribution in [2.24, 2.45) is 0 Å². The molecular formula is C22H26Cl2N4Ti. The molecule has 0 unspecified atom stereocenters. The van der Waals surface area contributed by atoms with E-state index in [1.54, 1.807) is 0 Å². The summed E-state index contributed by atoms with van der Waals surface area (Å²) in [6, 6.07) is 12.4. The Labute approximate surface area is 200 Å². The van der Waals surface area contributed by atoms with Crippen LogP contribution in [0.15, 0.2) is 36.4 Å². The fourth-order valence-electron chi connectivity index (χ4n) is 3.07. The van der Waals surface area contributed by atoms with Crippen molar-refractivity contribution in [2.75, 3.05) is 0 Å². The van der Waals surface area contributed by atoms with Gasteiger partial charge in [-0.1, -0.05) is 64.8 Å². The van der Waals surface area contributed by atoms with E-state index in [9.17, 15) is 0 Å². The van der Waals surface area contributed by atoms with Gasteiger partial charge in [0.25, 0.3) is 0 Å². The number of hydrogen-bond acceptors (Lipinski definition) is 2. The predicted octanol–water partition coefficient (Wildman–Crippen LogP) is -0.673. The molecule has 4 aromatic rings. The van der Waals surface area contributed by atoms with Crippen LogP contribution in [0.4, 0.5) is 0 Å². The Hall–Kier alpha value is -1.33. The molecule has 7 heteroatoms. The molecule has 4 nitrogen and oxygen atoms in total. The molecular weight excluding hydrogens is 439 g/mol. The van der Waals surface area contributed by atoms with Gasteiger partial charge in [-0.05, 0) is 34.3 Å². The third-order valence-corrected chi connectivity index (χ3v) is 4.43. The summed E-state index contributed by atoms with van der Waals surface area (Å²) in [5, 5.41) is 16.0. The summed E-state index contributed by atoms with van der Waals surface area (Å²) in [4.78, 5) is 0. The summed E-state index contributed by atoms with van der Waals surface area (Å²) >= 11 is 0. The predicted molar refractivity (Wildman–Crippen MR) is 107 cm³/mol. The summed E-state index contributed by atoms with van der Waals surface area (Å²) in [5.41, 5.74) is 5.10. The van der Waals surface area contributed by atoms with Crippen molar-refractivity contribution in [3.8, 4) is 0 Å². The van der Waals surface area contributed by atoms with E-state index in [1.165, 1.54) is 11.1 Å². The molecule has 2 heterocycles. The zero-order valence-electron chi connectivity index (χ0n) is 17.6. The number of halogens is 2. The standard InChI is InChI=1S/2C11H13N2.2ClH.Ti/c2*1-11(2,3)9-6-4-5-8-7-12-13-10(8)9;;;/h2*4-6H,1-3H3,(H,12,13);2*1H;/q2*-1;;;+4/p-2. The van der Waals surface area contributed by atoms with Gasteiger partial charge in [0, 0.05) is 0 Å². The fraction of sp³-hybridized carbons (Fsp3) is 0.364. The molecule has 2 aromatic carbocycles. The van der Waals surface area contributed by atoms with Crippen LogP contribution >= 0.6 is 0 Å². The summed E-state index contributed by atoms with van der Waals surface area (Å²) in [5.74, 6) is 0. The minimum absolute atomic E-state index is 0. The van der Waals surface area contributed by atoms with Gasteiger partial charge in [-0.2, -0.15) is 12.1 Å². The van der Waals surface area contributed by atoms with Crippen molar-refractivity contribution in [3.63, 3.8) is 0 Å². The molecule has 0 saturated carbocycles. The monoisotopic (exact) mass is 464 g/mol. The normalized spacial score (nSPS) is 11.0. The van der Waals surface area contributed by atoms with Crippen LogP contribution in [0.3, 0.4) is 0 Å². The molecule has 0 atom stereocenters. The van der Waals surface area contributed by atoms with E-state index in [4.69, 9.17) is 0 Å². The van der Waals surface area contributed by atoms with E-state index >= 15 is 0 Å². The number of nitrogens with one attached hydrogen (secondary N) is 2. The Bertz CT molecular complexity index is 942. The minimum atomic E-state index is 0. The first-order valence-corrected chi connectivity index (χ1v) is 8.88. The van der Waals surface area contributed by atoms with Crippen molar-refractivity contribution < 1.29 is 46.5 Å². The molecule has 0 aliphatic carbocycles. The van der Waals surface area contributed by atoms with Crippen molar-refractivity contribution in [3.05, 3.63) is 59.9 Å². The number of benzene rings is 2. The van der Waals surface area contributed by atoms with E-state index in [0.29, 0.717) is 0 Å². The summed E-state index contributed by atoms with van der Waals surface area (Å²) in [6.07, 6.45) is 5.85. The smallest absolute Gasteiger partial charge is 1.00 e. The van der Waals surface area contributed by atoms with Crippen LogP contribution < -0.4 is 24.8 Å². The Morgan fingerprint density at radius 3 is 1.31 bits per heavy atom. The molecule has 152 valence electrons. The number of fused-ring (bicyclic) bond motifs is 2. The number of aromatic nitrogens is 4. The number of H-pyrrole nitrogens is 2. The maximum atomic E-state index is 3.93. The number of para-hydroxylation sites is 2. The van der Waals surface area contributed by atoms with E-state index in [2.05, 4.69) is 98.6 Å². The number of hydrogen-bond donors (Lipinski definition) is 2. The van der Waals surface area contributed by atoms with Crippen LogP contribution in [0.2, 0.25) is 0 Å². The minimum Gasteiger partial charge on any atom is -1.00 e. The molecule has 0 saturated heterocycles. The van der Waals surface area contributed by atoms with Gasteiger partial charge in [0.1, 0.15) is 0 Å². The number of rotatable bonds is 0. The van der Waals surface area contributed by atoms with Gasteiger partial charge < -0.3 is 35.0 Å². The molecule has 2 aromatic heterocycles. The molecule has 0 aliphatic heterocycles. The zero-order chi connectivity index (χ0) is 18.9. The second-order valence-corrected chi connectivity index (χ2v) is 8.63. The third-order valence-electron chi connectivity index (χ3n) is 4.43. The molecule has 0 spiro atoms. The van der Waals surface area contributed by atoms with Crippen LogP contribution in [0.1, 0.15) is 52.7 Å². The van der Waals surface area contributed by atoms with Gasteiger partial charge in [0.2, 0.25) is 0 Å². The molecule has 0 bridgehead atoms. The molecule has 2 N–H and O–H groups in total. The maximum absolute atomic E-state index is 3.93. The second-order valence-electron chi connectivity index (χ2n) is 8.63. The summed E-state index contributed by atoms with van der Waals surface area (Å²) in [6.45, 7) is 13.2. The average molecular weight is 465 g/mol. The first-order chi connectivity index (χ1) is 12.2. The van der Waals surface area contributed by atoms with Crippen LogP contribution in [0, 0.1) is 12.4 Å². The molecule has 0 amide bonds. The van der Waals surface area contributed by atoms with Crippen LogP contribution in [-0.4, -0.2) is 20.4 Å². The van der Waals surface area contributed by atoms with Crippen LogP contribution in [0.5, 0.6) is 0 Å². The van der Waals surface area contributed by atoms with Crippen molar-refractivity contribution >= 4 is 21.8 Å². The van der Waals surface area contributed by atoms with E-state index in [1.807, 2.05) is 12.1 Å². The molecule has 0 fully saturated rings. The van der Waals surface area contributed by atoms with E-state index < -0.39 is 0 Å². The first kappa shape index (κ1) is 27.7. The largest absolute Gasteiger partial charge is 4.00 e. The molecule has 29 heavy (non-hydrogen) atoms. The number of aromatic amines is 2. The number of nitrogens with zero attached hydrogens (tertiary/aromatic N) is 2. The van der Waals surface area contributed by atoms with Crippen molar-refractivity contribution in [1.82, 2.24) is 20.4 Å². The summed E-state index contributed by atoms with van der Waals surface area (Å²) in [7, 11) is 0. The summed E-state index contributed by atoms with van der Waals surface area (Å²) < 4.78 is 0. The maximum Gasteiger partial charge on any atom is 4.00 e. The Balaban J connectivity index is 0.000000490. The average Bonchev–Trinajstić information content (AvgIpc) is 3.21. The van der Waals surface area contributed by atoms with Gasteiger partial charge in [-0.15, -0.1) is 22.9 Å².